The molecule has 5 aromatic rings. The summed E-state index contributed by atoms with van der Waals surface area (Å²) in [6.45, 7) is 5.87. The lowest BCUT2D eigenvalue weighted by molar-refractivity contribution is 0.0259. The van der Waals surface area contributed by atoms with Crippen molar-refractivity contribution in [2.75, 3.05) is 13.1 Å². The number of nitrogens with zero attached hydrogens (tertiary/aromatic N) is 7. The van der Waals surface area contributed by atoms with Gasteiger partial charge in [-0.25, -0.2) is 4.79 Å². The zero-order valence-corrected chi connectivity index (χ0v) is 28.2. The Morgan fingerprint density at radius 3 is 1.71 bits per heavy atom. The number of aryl methyl sites for hydroxylation is 2. The second kappa shape index (κ2) is 15.4. The molecular formula is C38H44N8O3. The lowest BCUT2D eigenvalue weighted by atomic mass is 9.73. The minimum Gasteiger partial charge on any atom is -0.476 e. The van der Waals surface area contributed by atoms with Crippen molar-refractivity contribution in [1.82, 2.24) is 40.2 Å². The largest absolute Gasteiger partial charge is 0.476 e. The van der Waals surface area contributed by atoms with E-state index in [1.54, 1.807) is 11.7 Å². The Balaban J connectivity index is 0.000000232. The van der Waals surface area contributed by atoms with Crippen LogP contribution in [0.4, 0.5) is 0 Å². The van der Waals surface area contributed by atoms with Gasteiger partial charge in [-0.2, -0.15) is 19.8 Å². The minimum absolute atomic E-state index is 0.0150. The summed E-state index contributed by atoms with van der Waals surface area (Å²) < 4.78 is 0. The number of aromatic carboxylic acids is 1. The van der Waals surface area contributed by atoms with Gasteiger partial charge in [0.1, 0.15) is 0 Å². The summed E-state index contributed by atoms with van der Waals surface area (Å²) in [5.74, 6) is -1.17. The standard InChI is InChI=1S/C28H35N5O.C10H9N3O2/c1-22-26(31-33(30-22)25-13-7-3-8-14-25)27(34)29-24-15-17-28(18-16-24,32-19-9-4-10-20-32)21-23-11-5-2-6-12-23;1-7-9(10(14)15)12-13(11-7)8-5-3-2-4-6-8/h2-3,5-8,11-14,24H,4,9-10,15-21H2,1H3,(H,29,34);2-6H,1H3,(H,14,15). The topological polar surface area (TPSA) is 131 Å². The van der Waals surface area contributed by atoms with Crippen LogP contribution in [0.1, 0.15) is 82.9 Å². The Labute approximate surface area is 287 Å². The van der Waals surface area contributed by atoms with Crippen molar-refractivity contribution < 1.29 is 14.7 Å². The molecule has 1 saturated carbocycles. The molecule has 1 saturated heterocycles. The van der Waals surface area contributed by atoms with Crippen molar-refractivity contribution in [3.8, 4) is 11.4 Å². The third-order valence-corrected chi connectivity index (χ3v) is 9.61. The molecule has 0 unspecified atom stereocenters. The number of amides is 1. The van der Waals surface area contributed by atoms with Crippen LogP contribution >= 0.6 is 0 Å². The maximum atomic E-state index is 13.1. The number of hydrogen-bond donors (Lipinski definition) is 2. The van der Waals surface area contributed by atoms with E-state index in [1.807, 2.05) is 67.6 Å². The highest BCUT2D eigenvalue weighted by molar-refractivity contribution is 5.93. The predicted octanol–water partition coefficient (Wildman–Crippen LogP) is 5.99. The molecule has 2 aliphatic rings. The molecule has 1 aliphatic carbocycles. The summed E-state index contributed by atoms with van der Waals surface area (Å²) in [7, 11) is 0. The van der Waals surface area contributed by atoms with Crippen LogP contribution in [0.5, 0.6) is 0 Å². The third-order valence-electron chi connectivity index (χ3n) is 9.61. The summed E-state index contributed by atoms with van der Waals surface area (Å²) in [5.41, 5.74) is 4.69. The SMILES string of the molecule is Cc1nn(-c2ccccc2)nc1C(=O)NC1CCC(Cc2ccccc2)(N2CCCCC2)CC1.Cc1nn(-c2ccccc2)nc1C(=O)O. The van der Waals surface area contributed by atoms with E-state index in [-0.39, 0.29) is 23.2 Å². The molecule has 0 spiro atoms. The second-order valence-corrected chi connectivity index (χ2v) is 13.0. The van der Waals surface area contributed by atoms with Crippen molar-refractivity contribution in [2.45, 2.75) is 76.8 Å². The molecule has 3 aromatic carbocycles. The molecule has 7 rings (SSSR count). The quantitative estimate of drug-likeness (QED) is 0.208. The number of likely N-dealkylation sites (tertiary alicyclic amines) is 1. The van der Waals surface area contributed by atoms with E-state index in [1.165, 1.54) is 42.7 Å². The van der Waals surface area contributed by atoms with Crippen LogP contribution < -0.4 is 5.32 Å². The van der Waals surface area contributed by atoms with Crippen LogP contribution in [-0.2, 0) is 6.42 Å². The molecule has 1 aliphatic heterocycles. The fourth-order valence-electron chi connectivity index (χ4n) is 7.02. The number of carboxylic acids is 1. The number of carbonyl (C=O) groups is 2. The van der Waals surface area contributed by atoms with Gasteiger partial charge < -0.3 is 10.4 Å². The van der Waals surface area contributed by atoms with E-state index >= 15 is 0 Å². The molecular weight excluding hydrogens is 616 g/mol. The van der Waals surface area contributed by atoms with Gasteiger partial charge in [-0.1, -0.05) is 73.2 Å². The van der Waals surface area contributed by atoms with Crippen LogP contribution in [0.3, 0.4) is 0 Å². The van der Waals surface area contributed by atoms with Crippen molar-refractivity contribution in [3.05, 3.63) is 119 Å². The third kappa shape index (κ3) is 8.11. The van der Waals surface area contributed by atoms with Crippen molar-refractivity contribution in [1.29, 1.82) is 0 Å². The Hall–Kier alpha value is -5.16. The number of para-hydroxylation sites is 2. The molecule has 0 bridgehead atoms. The summed E-state index contributed by atoms with van der Waals surface area (Å²) in [6, 6.07) is 30.0. The predicted molar refractivity (Wildman–Crippen MR) is 187 cm³/mol. The van der Waals surface area contributed by atoms with Gasteiger partial charge >= 0.3 is 5.97 Å². The first-order chi connectivity index (χ1) is 23.8. The molecule has 11 nitrogen and oxygen atoms in total. The molecule has 1 amide bonds. The van der Waals surface area contributed by atoms with Crippen LogP contribution in [0.25, 0.3) is 11.4 Å². The summed E-state index contributed by atoms with van der Waals surface area (Å²) >= 11 is 0. The van der Waals surface area contributed by atoms with Crippen molar-refractivity contribution in [2.24, 2.45) is 0 Å². The van der Waals surface area contributed by atoms with E-state index in [0.29, 0.717) is 17.1 Å². The van der Waals surface area contributed by atoms with Crippen LogP contribution in [0, 0.1) is 13.8 Å². The zero-order valence-electron chi connectivity index (χ0n) is 28.2. The Kier molecular flexibility index (Phi) is 10.6. The normalized spacial score (nSPS) is 19.4. The van der Waals surface area contributed by atoms with Gasteiger partial charge in [0.2, 0.25) is 0 Å². The first-order valence-corrected chi connectivity index (χ1v) is 17.1. The van der Waals surface area contributed by atoms with Crippen molar-refractivity contribution in [3.63, 3.8) is 0 Å². The van der Waals surface area contributed by atoms with E-state index in [2.05, 4.69) is 60.9 Å². The molecule has 2 fully saturated rings. The molecule has 0 atom stereocenters. The van der Waals surface area contributed by atoms with Crippen LogP contribution in [0.15, 0.2) is 91.0 Å². The lowest BCUT2D eigenvalue weighted by Gasteiger charge is -2.50. The monoisotopic (exact) mass is 660 g/mol. The second-order valence-electron chi connectivity index (χ2n) is 13.0. The Morgan fingerprint density at radius 1 is 0.714 bits per heavy atom. The number of aromatic nitrogens is 6. The van der Waals surface area contributed by atoms with Gasteiger partial charge in [-0.05, 0) is 102 Å². The highest BCUT2D eigenvalue weighted by Crippen LogP contribution is 2.38. The fraction of sp³-hybridized carbons (Fsp3) is 0.368. The van der Waals surface area contributed by atoms with Gasteiger partial charge in [0.25, 0.3) is 5.91 Å². The molecule has 254 valence electrons. The molecule has 2 N–H and O–H groups in total. The zero-order chi connectivity index (χ0) is 34.2. The first kappa shape index (κ1) is 33.7. The van der Waals surface area contributed by atoms with Crippen LogP contribution in [-0.4, -0.2) is 76.5 Å². The highest BCUT2D eigenvalue weighted by atomic mass is 16.4. The average Bonchev–Trinajstić information content (AvgIpc) is 3.74. The van der Waals surface area contributed by atoms with Gasteiger partial charge in [-0.15, -0.1) is 10.2 Å². The van der Waals surface area contributed by atoms with Crippen molar-refractivity contribution >= 4 is 11.9 Å². The molecule has 49 heavy (non-hydrogen) atoms. The van der Waals surface area contributed by atoms with Gasteiger partial charge in [0.05, 0.1) is 22.8 Å². The highest BCUT2D eigenvalue weighted by Gasteiger charge is 2.41. The van der Waals surface area contributed by atoms with Gasteiger partial charge in [0.15, 0.2) is 11.4 Å². The number of rotatable bonds is 8. The number of benzene rings is 3. The smallest absolute Gasteiger partial charge is 0.358 e. The number of carboxylic acid groups (broad SMARTS) is 1. The maximum absolute atomic E-state index is 13.1. The summed E-state index contributed by atoms with van der Waals surface area (Å²) in [6.07, 6.45) is 9.27. The minimum atomic E-state index is -1.06. The number of nitrogens with one attached hydrogen (secondary N) is 1. The summed E-state index contributed by atoms with van der Waals surface area (Å²) in [4.78, 5) is 29.5. The molecule has 11 heteroatoms. The van der Waals surface area contributed by atoms with Gasteiger partial charge in [-0.3, -0.25) is 9.69 Å². The first-order valence-electron chi connectivity index (χ1n) is 17.1. The number of carbonyl (C=O) groups excluding carboxylic acids is 1. The number of hydrogen-bond acceptors (Lipinski definition) is 7. The molecule has 0 radical (unpaired) electrons. The Bertz CT molecular complexity index is 1820. The lowest BCUT2D eigenvalue weighted by Crippen LogP contribution is -2.56. The van der Waals surface area contributed by atoms with Gasteiger partial charge in [0, 0.05) is 11.6 Å². The Morgan fingerprint density at radius 2 is 1.20 bits per heavy atom. The van der Waals surface area contributed by atoms with E-state index in [0.717, 1.165) is 43.5 Å². The molecule has 3 heterocycles. The summed E-state index contributed by atoms with van der Waals surface area (Å²) in [5, 5.41) is 28.9. The number of piperidine rings is 1. The molecule has 2 aromatic heterocycles. The van der Waals surface area contributed by atoms with E-state index < -0.39 is 5.97 Å². The van der Waals surface area contributed by atoms with Crippen LogP contribution in [0.2, 0.25) is 0 Å². The van der Waals surface area contributed by atoms with E-state index in [9.17, 15) is 9.59 Å². The fourth-order valence-corrected chi connectivity index (χ4v) is 7.02. The average molecular weight is 661 g/mol. The maximum Gasteiger partial charge on any atom is 0.358 e. The van der Waals surface area contributed by atoms with E-state index in [4.69, 9.17) is 5.11 Å².